The van der Waals surface area contributed by atoms with E-state index in [9.17, 15) is 17.6 Å². The number of rotatable bonds is 2. The molecule has 1 aromatic heterocycles. The van der Waals surface area contributed by atoms with Crippen LogP contribution in [-0.4, -0.2) is 13.0 Å². The predicted octanol–water partition coefficient (Wildman–Crippen LogP) is 2.51. The number of para-hydroxylation sites is 1. The van der Waals surface area contributed by atoms with Gasteiger partial charge in [0, 0.05) is 18.6 Å². The van der Waals surface area contributed by atoms with E-state index >= 15 is 0 Å². The third-order valence-electron chi connectivity index (χ3n) is 3.48. The highest BCUT2D eigenvalue weighted by atomic mass is 32.2. The Morgan fingerprint density at radius 3 is 2.32 bits per heavy atom. The Labute approximate surface area is 126 Å². The average molecular weight is 317 g/mol. The second kappa shape index (κ2) is 5.06. The monoisotopic (exact) mass is 317 g/mol. The minimum atomic E-state index is -4.00. The molecular weight excluding hydrogens is 305 g/mol. The molecule has 4 nitrogen and oxygen atoms in total. The average Bonchev–Trinajstić information content (AvgIpc) is 2.51. The van der Waals surface area contributed by atoms with Crippen molar-refractivity contribution >= 4 is 20.7 Å². The Bertz CT molecular complexity index is 1020. The van der Waals surface area contributed by atoms with Gasteiger partial charge in [0.2, 0.25) is 15.3 Å². The van der Waals surface area contributed by atoms with Gasteiger partial charge in [-0.1, -0.05) is 12.1 Å². The molecule has 112 valence electrons. The lowest BCUT2D eigenvalue weighted by Gasteiger charge is -2.09. The summed E-state index contributed by atoms with van der Waals surface area (Å²) in [5, 5.41) is 0.327. The largest absolute Gasteiger partial charge is 0.349 e. The summed E-state index contributed by atoms with van der Waals surface area (Å²) in [7, 11) is -2.33. The van der Waals surface area contributed by atoms with E-state index in [0.717, 1.165) is 24.3 Å². The zero-order valence-electron chi connectivity index (χ0n) is 11.7. The maximum absolute atomic E-state index is 13.0. The van der Waals surface area contributed by atoms with Crippen molar-refractivity contribution in [2.75, 3.05) is 0 Å². The molecule has 0 N–H and O–H groups in total. The van der Waals surface area contributed by atoms with E-state index in [2.05, 4.69) is 0 Å². The first kappa shape index (κ1) is 14.5. The molecule has 0 unspecified atom stereocenters. The van der Waals surface area contributed by atoms with Crippen LogP contribution in [0.3, 0.4) is 0 Å². The zero-order valence-corrected chi connectivity index (χ0v) is 12.5. The number of sulfone groups is 1. The molecule has 0 atom stereocenters. The molecule has 1 heterocycles. The lowest BCUT2D eigenvalue weighted by Crippen LogP contribution is -2.18. The van der Waals surface area contributed by atoms with Gasteiger partial charge in [-0.2, -0.15) is 0 Å². The van der Waals surface area contributed by atoms with E-state index in [-0.39, 0.29) is 9.79 Å². The van der Waals surface area contributed by atoms with Crippen molar-refractivity contribution in [1.29, 1.82) is 0 Å². The minimum Gasteiger partial charge on any atom is -0.349 e. The van der Waals surface area contributed by atoms with Crippen LogP contribution in [0.25, 0.3) is 10.9 Å². The van der Waals surface area contributed by atoms with Gasteiger partial charge >= 0.3 is 0 Å². The summed E-state index contributed by atoms with van der Waals surface area (Å²) in [6.07, 6.45) is 1.29. The first-order chi connectivity index (χ1) is 10.4. The van der Waals surface area contributed by atoms with E-state index in [1.54, 1.807) is 35.9 Å². The van der Waals surface area contributed by atoms with Crippen molar-refractivity contribution in [1.82, 2.24) is 4.57 Å². The Balaban J connectivity index is 2.32. The molecule has 0 spiro atoms. The third-order valence-corrected chi connectivity index (χ3v) is 5.24. The molecule has 0 aliphatic rings. The lowest BCUT2D eigenvalue weighted by molar-refractivity contribution is 0.593. The molecule has 0 fully saturated rings. The molecule has 0 saturated carbocycles. The molecule has 0 amide bonds. The fraction of sp³-hybridized carbons (Fsp3) is 0.0625. The van der Waals surface area contributed by atoms with E-state index in [1.807, 2.05) is 0 Å². The van der Waals surface area contributed by atoms with Gasteiger partial charge in [-0.05, 0) is 36.4 Å². The Morgan fingerprint density at radius 1 is 1.00 bits per heavy atom. The number of aromatic nitrogens is 1. The summed E-state index contributed by atoms with van der Waals surface area (Å²) < 4.78 is 39.8. The molecular formula is C16H12FNO3S. The molecule has 3 aromatic rings. The number of hydrogen-bond acceptors (Lipinski definition) is 3. The molecule has 0 radical (unpaired) electrons. The Kier molecular flexibility index (Phi) is 3.33. The van der Waals surface area contributed by atoms with Gasteiger partial charge in [0.1, 0.15) is 10.7 Å². The van der Waals surface area contributed by atoms with Crippen LogP contribution in [0, 0.1) is 5.82 Å². The first-order valence-electron chi connectivity index (χ1n) is 6.50. The minimum absolute atomic E-state index is 0.110. The second-order valence-electron chi connectivity index (χ2n) is 4.91. The van der Waals surface area contributed by atoms with Gasteiger partial charge in [0.25, 0.3) is 0 Å². The first-order valence-corrected chi connectivity index (χ1v) is 7.98. The number of halogens is 1. The van der Waals surface area contributed by atoms with Crippen molar-refractivity contribution in [3.05, 3.63) is 70.8 Å². The summed E-state index contributed by atoms with van der Waals surface area (Å²) in [6.45, 7) is 0. The van der Waals surface area contributed by atoms with Gasteiger partial charge in [-0.15, -0.1) is 0 Å². The van der Waals surface area contributed by atoms with Crippen molar-refractivity contribution < 1.29 is 12.8 Å². The Hall–Kier alpha value is -2.47. The SMILES string of the molecule is Cn1cc(S(=O)(=O)c2ccc(F)cc2)c(=O)c2ccccc21. The molecule has 0 bridgehead atoms. The van der Waals surface area contributed by atoms with Gasteiger partial charge in [0.05, 0.1) is 10.4 Å². The molecule has 6 heteroatoms. The van der Waals surface area contributed by atoms with Crippen molar-refractivity contribution in [3.8, 4) is 0 Å². The lowest BCUT2D eigenvalue weighted by atomic mass is 10.2. The van der Waals surface area contributed by atoms with Crippen molar-refractivity contribution in [2.45, 2.75) is 9.79 Å². The Morgan fingerprint density at radius 2 is 1.64 bits per heavy atom. The van der Waals surface area contributed by atoms with E-state index in [1.165, 1.54) is 6.20 Å². The highest BCUT2D eigenvalue weighted by Crippen LogP contribution is 2.20. The molecule has 2 aromatic carbocycles. The standard InChI is InChI=1S/C16H12FNO3S/c1-18-10-15(16(19)13-4-2-3-5-14(13)18)22(20,21)12-8-6-11(17)7-9-12/h2-10H,1H3. The van der Waals surface area contributed by atoms with E-state index < -0.39 is 21.1 Å². The number of benzene rings is 2. The summed E-state index contributed by atoms with van der Waals surface area (Å²) in [6, 6.07) is 11.2. The van der Waals surface area contributed by atoms with Crippen LogP contribution in [-0.2, 0) is 16.9 Å². The molecule has 0 saturated heterocycles. The maximum atomic E-state index is 13.0. The van der Waals surface area contributed by atoms with Crippen LogP contribution >= 0.6 is 0 Å². The second-order valence-corrected chi connectivity index (χ2v) is 6.83. The molecule has 22 heavy (non-hydrogen) atoms. The van der Waals surface area contributed by atoms with E-state index in [0.29, 0.717) is 10.9 Å². The van der Waals surface area contributed by atoms with Gasteiger partial charge in [0.15, 0.2) is 0 Å². The third kappa shape index (κ3) is 2.21. The highest BCUT2D eigenvalue weighted by Gasteiger charge is 2.23. The maximum Gasteiger partial charge on any atom is 0.211 e. The van der Waals surface area contributed by atoms with Gasteiger partial charge in [-0.3, -0.25) is 4.79 Å². The van der Waals surface area contributed by atoms with Crippen molar-refractivity contribution in [2.24, 2.45) is 7.05 Å². The van der Waals surface area contributed by atoms with Crippen LogP contribution in [0.15, 0.2) is 69.3 Å². The number of pyridine rings is 1. The fourth-order valence-electron chi connectivity index (χ4n) is 2.34. The number of nitrogens with zero attached hydrogens (tertiary/aromatic N) is 1. The summed E-state index contributed by atoms with van der Waals surface area (Å²) in [5.41, 5.74) is 0.0866. The fourth-order valence-corrected chi connectivity index (χ4v) is 3.74. The van der Waals surface area contributed by atoms with Gasteiger partial charge < -0.3 is 4.57 Å². The highest BCUT2D eigenvalue weighted by molar-refractivity contribution is 7.91. The van der Waals surface area contributed by atoms with Crippen LogP contribution in [0.2, 0.25) is 0 Å². The summed E-state index contributed by atoms with van der Waals surface area (Å²) >= 11 is 0. The van der Waals surface area contributed by atoms with Crippen LogP contribution in [0.1, 0.15) is 0 Å². The predicted molar refractivity (Wildman–Crippen MR) is 81.0 cm³/mol. The van der Waals surface area contributed by atoms with Crippen LogP contribution in [0.5, 0.6) is 0 Å². The zero-order chi connectivity index (χ0) is 15.9. The molecule has 0 aliphatic carbocycles. The number of hydrogen-bond donors (Lipinski definition) is 0. The topological polar surface area (TPSA) is 56.1 Å². The normalized spacial score (nSPS) is 11.7. The quantitative estimate of drug-likeness (QED) is 0.682. The van der Waals surface area contributed by atoms with Crippen LogP contribution < -0.4 is 5.43 Å². The smallest absolute Gasteiger partial charge is 0.211 e. The molecule has 0 aliphatic heterocycles. The molecule has 3 rings (SSSR count). The summed E-state index contributed by atoms with van der Waals surface area (Å²) in [4.78, 5) is 12.1. The van der Waals surface area contributed by atoms with Crippen molar-refractivity contribution in [3.63, 3.8) is 0 Å². The van der Waals surface area contributed by atoms with Crippen LogP contribution in [0.4, 0.5) is 4.39 Å². The van der Waals surface area contributed by atoms with Gasteiger partial charge in [-0.25, -0.2) is 12.8 Å². The summed E-state index contributed by atoms with van der Waals surface area (Å²) in [5.74, 6) is -0.537. The van der Waals surface area contributed by atoms with E-state index in [4.69, 9.17) is 0 Å². The number of fused-ring (bicyclic) bond motifs is 1. The number of aryl methyl sites for hydroxylation is 1.